The van der Waals surface area contributed by atoms with Crippen molar-refractivity contribution in [3.05, 3.63) is 24.6 Å². The first-order chi connectivity index (χ1) is 9.25. The maximum absolute atomic E-state index is 12.3. The van der Waals surface area contributed by atoms with Gasteiger partial charge < -0.3 is 19.4 Å². The fourth-order valence-electron chi connectivity index (χ4n) is 2.14. The smallest absolute Gasteiger partial charge is 0.246 e. The highest BCUT2D eigenvalue weighted by atomic mass is 16.5. The topological polar surface area (TPSA) is 67.6 Å². The third-order valence-corrected chi connectivity index (χ3v) is 3.25. The molecule has 1 fully saturated rings. The highest BCUT2D eigenvalue weighted by molar-refractivity contribution is 5.98. The summed E-state index contributed by atoms with van der Waals surface area (Å²) in [5.74, 6) is -0.0152. The van der Waals surface area contributed by atoms with E-state index in [1.54, 1.807) is 11.9 Å². The van der Waals surface area contributed by atoms with Crippen LogP contribution in [0.25, 0.3) is 11.1 Å². The van der Waals surface area contributed by atoms with E-state index in [1.165, 1.54) is 6.39 Å². The van der Waals surface area contributed by atoms with Crippen LogP contribution in [-0.4, -0.2) is 43.7 Å². The number of hydrogen-bond donors (Lipinski definition) is 1. The number of amides is 1. The largest absolute Gasteiger partial charge is 0.443 e. The van der Waals surface area contributed by atoms with Crippen molar-refractivity contribution in [1.82, 2.24) is 10.3 Å². The van der Waals surface area contributed by atoms with E-state index >= 15 is 0 Å². The Balaban J connectivity index is 1.81. The predicted molar refractivity (Wildman–Crippen MR) is 70.0 cm³/mol. The van der Waals surface area contributed by atoms with Crippen molar-refractivity contribution in [2.75, 3.05) is 31.7 Å². The first-order valence-electron chi connectivity index (χ1n) is 6.17. The van der Waals surface area contributed by atoms with Gasteiger partial charge in [0.25, 0.3) is 0 Å². The number of fused-ring (bicyclic) bond motifs is 1. The lowest BCUT2D eigenvalue weighted by atomic mass is 10.2. The molecule has 1 aromatic carbocycles. The summed E-state index contributed by atoms with van der Waals surface area (Å²) in [5, 5.41) is 3.15. The summed E-state index contributed by atoms with van der Waals surface area (Å²) in [6.45, 7) is 1.76. The van der Waals surface area contributed by atoms with Gasteiger partial charge in [-0.25, -0.2) is 4.98 Å². The summed E-state index contributed by atoms with van der Waals surface area (Å²) in [5.41, 5.74) is 2.23. The predicted octanol–water partition coefficient (Wildman–Crippen LogP) is 0.779. The number of oxazole rings is 1. The number of nitrogens with zero attached hydrogens (tertiary/aromatic N) is 2. The molecule has 1 aromatic heterocycles. The van der Waals surface area contributed by atoms with Crippen molar-refractivity contribution < 1.29 is 13.9 Å². The molecule has 1 N–H and O–H groups in total. The molecule has 1 amide bonds. The molecule has 0 saturated carbocycles. The minimum absolute atomic E-state index is 0.0152. The molecule has 2 heterocycles. The van der Waals surface area contributed by atoms with Gasteiger partial charge in [-0.15, -0.1) is 0 Å². The van der Waals surface area contributed by atoms with Crippen molar-refractivity contribution in [3.63, 3.8) is 0 Å². The van der Waals surface area contributed by atoms with Gasteiger partial charge in [0, 0.05) is 25.3 Å². The number of anilines is 1. The number of carbonyl (C=O) groups excluding carboxylic acids is 1. The molecule has 19 heavy (non-hydrogen) atoms. The zero-order valence-corrected chi connectivity index (χ0v) is 10.6. The quantitative estimate of drug-likeness (QED) is 0.865. The normalized spacial score (nSPS) is 19.5. The van der Waals surface area contributed by atoms with Gasteiger partial charge in [0.05, 0.1) is 13.2 Å². The van der Waals surface area contributed by atoms with E-state index in [0.29, 0.717) is 25.3 Å². The minimum Gasteiger partial charge on any atom is -0.443 e. The molecule has 2 aromatic rings. The van der Waals surface area contributed by atoms with Crippen molar-refractivity contribution in [1.29, 1.82) is 0 Å². The molecule has 1 saturated heterocycles. The van der Waals surface area contributed by atoms with Gasteiger partial charge in [-0.2, -0.15) is 0 Å². The van der Waals surface area contributed by atoms with E-state index in [9.17, 15) is 4.79 Å². The van der Waals surface area contributed by atoms with Gasteiger partial charge in [0.1, 0.15) is 11.6 Å². The molecule has 1 atom stereocenters. The second-order valence-electron chi connectivity index (χ2n) is 4.48. The number of carbonyl (C=O) groups is 1. The van der Waals surface area contributed by atoms with Gasteiger partial charge >= 0.3 is 0 Å². The molecular formula is C13H15N3O3. The van der Waals surface area contributed by atoms with E-state index in [-0.39, 0.29) is 11.9 Å². The van der Waals surface area contributed by atoms with Crippen LogP contribution in [0.1, 0.15) is 0 Å². The van der Waals surface area contributed by atoms with Crippen LogP contribution in [0, 0.1) is 0 Å². The highest BCUT2D eigenvalue weighted by Gasteiger charge is 2.25. The van der Waals surface area contributed by atoms with Crippen LogP contribution < -0.4 is 10.2 Å². The number of aromatic nitrogens is 1. The lowest BCUT2D eigenvalue weighted by Crippen LogP contribution is -2.51. The molecule has 0 radical (unpaired) electrons. The van der Waals surface area contributed by atoms with Crippen LogP contribution in [-0.2, 0) is 9.53 Å². The first kappa shape index (κ1) is 12.1. The summed E-state index contributed by atoms with van der Waals surface area (Å²) in [6, 6.07) is 5.21. The Morgan fingerprint density at radius 1 is 1.53 bits per heavy atom. The Morgan fingerprint density at radius 3 is 3.21 bits per heavy atom. The molecule has 6 heteroatoms. The third-order valence-electron chi connectivity index (χ3n) is 3.25. The van der Waals surface area contributed by atoms with Gasteiger partial charge in [0.15, 0.2) is 12.0 Å². The lowest BCUT2D eigenvalue weighted by Gasteiger charge is -2.27. The minimum atomic E-state index is -0.288. The number of nitrogens with one attached hydrogen (secondary N) is 1. The fraction of sp³-hybridized carbons (Fsp3) is 0.385. The summed E-state index contributed by atoms with van der Waals surface area (Å²) < 4.78 is 10.6. The van der Waals surface area contributed by atoms with E-state index in [2.05, 4.69) is 10.3 Å². The van der Waals surface area contributed by atoms with Crippen molar-refractivity contribution in [3.8, 4) is 0 Å². The van der Waals surface area contributed by atoms with Crippen LogP contribution >= 0.6 is 0 Å². The van der Waals surface area contributed by atoms with Gasteiger partial charge in [0.2, 0.25) is 5.91 Å². The lowest BCUT2D eigenvalue weighted by molar-refractivity contribution is -0.123. The maximum atomic E-state index is 12.3. The second kappa shape index (κ2) is 4.99. The Kier molecular flexibility index (Phi) is 3.18. The van der Waals surface area contributed by atoms with Gasteiger partial charge in [-0.3, -0.25) is 4.79 Å². The van der Waals surface area contributed by atoms with Gasteiger partial charge in [-0.05, 0) is 12.1 Å². The summed E-state index contributed by atoms with van der Waals surface area (Å²) in [6.07, 6.45) is 1.40. The third kappa shape index (κ3) is 2.32. The van der Waals surface area contributed by atoms with Crippen LogP contribution in [0.2, 0.25) is 0 Å². The number of rotatable bonds is 2. The number of benzene rings is 1. The van der Waals surface area contributed by atoms with Crippen LogP contribution in [0.4, 0.5) is 5.69 Å². The standard InChI is InChI=1S/C13H15N3O3/c1-16(13(17)11-7-18-5-4-14-11)9-2-3-10-12(6-9)19-8-15-10/h2-3,6,8,11,14H,4-5,7H2,1H3. The van der Waals surface area contributed by atoms with Crippen molar-refractivity contribution in [2.45, 2.75) is 6.04 Å². The molecule has 3 rings (SSSR count). The van der Waals surface area contributed by atoms with Gasteiger partial charge in [-0.1, -0.05) is 0 Å². The van der Waals surface area contributed by atoms with E-state index in [1.807, 2.05) is 18.2 Å². The maximum Gasteiger partial charge on any atom is 0.246 e. The number of hydrogen-bond acceptors (Lipinski definition) is 5. The number of morpholine rings is 1. The zero-order valence-electron chi connectivity index (χ0n) is 10.6. The molecule has 1 unspecified atom stereocenters. The highest BCUT2D eigenvalue weighted by Crippen LogP contribution is 2.21. The molecule has 0 spiro atoms. The number of likely N-dealkylation sites (N-methyl/N-ethyl adjacent to an activating group) is 1. The Morgan fingerprint density at radius 2 is 2.42 bits per heavy atom. The first-order valence-corrected chi connectivity index (χ1v) is 6.17. The molecule has 0 aliphatic carbocycles. The monoisotopic (exact) mass is 261 g/mol. The Bertz CT molecular complexity index is 590. The van der Waals surface area contributed by atoms with Crippen LogP contribution in [0.15, 0.2) is 29.0 Å². The fourth-order valence-corrected chi connectivity index (χ4v) is 2.14. The van der Waals surface area contributed by atoms with E-state index in [4.69, 9.17) is 9.15 Å². The van der Waals surface area contributed by atoms with E-state index in [0.717, 1.165) is 11.2 Å². The number of ether oxygens (including phenoxy) is 1. The Labute approximate surface area is 110 Å². The molecular weight excluding hydrogens is 246 g/mol. The summed E-state index contributed by atoms with van der Waals surface area (Å²) in [7, 11) is 1.75. The Hall–Kier alpha value is -1.92. The molecule has 0 bridgehead atoms. The summed E-state index contributed by atoms with van der Waals surface area (Å²) >= 11 is 0. The average Bonchev–Trinajstić information content (AvgIpc) is 2.94. The van der Waals surface area contributed by atoms with Crippen molar-refractivity contribution >= 4 is 22.7 Å². The average molecular weight is 261 g/mol. The molecule has 1 aliphatic heterocycles. The zero-order chi connectivity index (χ0) is 13.2. The molecule has 6 nitrogen and oxygen atoms in total. The summed E-state index contributed by atoms with van der Waals surface area (Å²) in [4.78, 5) is 18.0. The molecule has 100 valence electrons. The van der Waals surface area contributed by atoms with Crippen LogP contribution in [0.3, 0.4) is 0 Å². The second-order valence-corrected chi connectivity index (χ2v) is 4.48. The van der Waals surface area contributed by atoms with E-state index < -0.39 is 0 Å². The van der Waals surface area contributed by atoms with Crippen molar-refractivity contribution in [2.24, 2.45) is 0 Å². The molecule has 1 aliphatic rings. The van der Waals surface area contributed by atoms with Crippen LogP contribution in [0.5, 0.6) is 0 Å². The SMILES string of the molecule is CN(C(=O)C1COCCN1)c1ccc2ncoc2c1.